The summed E-state index contributed by atoms with van der Waals surface area (Å²) in [5.41, 5.74) is 5.49. The van der Waals surface area contributed by atoms with Gasteiger partial charge in [-0.25, -0.2) is 0 Å². The smallest absolute Gasteiger partial charge is 0.338 e. The molecule has 1 aliphatic rings. The zero-order chi connectivity index (χ0) is 14.8. The Morgan fingerprint density at radius 2 is 1.95 bits per heavy atom. The third-order valence-electron chi connectivity index (χ3n) is 3.61. The molecule has 1 fully saturated rings. The van der Waals surface area contributed by atoms with Crippen molar-refractivity contribution in [2.24, 2.45) is 5.73 Å². The van der Waals surface area contributed by atoms with Crippen molar-refractivity contribution in [3.05, 3.63) is 35.4 Å². The van der Waals surface area contributed by atoms with Crippen LogP contribution in [-0.4, -0.2) is 29.9 Å². The first-order chi connectivity index (χ1) is 9.41. The molecular weight excluding hydrogens is 269 g/mol. The van der Waals surface area contributed by atoms with Gasteiger partial charge < -0.3 is 10.6 Å². The average molecular weight is 286 g/mol. The van der Waals surface area contributed by atoms with E-state index in [1.165, 1.54) is 12.1 Å². The van der Waals surface area contributed by atoms with E-state index in [1.807, 2.05) is 0 Å². The van der Waals surface area contributed by atoms with E-state index < -0.39 is 11.7 Å². The molecular formula is C14H17F3N2O. The second kappa shape index (κ2) is 5.83. The molecule has 1 aromatic carbocycles. The molecule has 1 aliphatic heterocycles. The molecule has 0 aromatic heterocycles. The largest absolute Gasteiger partial charge is 0.416 e. The lowest BCUT2D eigenvalue weighted by molar-refractivity contribution is -0.137. The molecule has 20 heavy (non-hydrogen) atoms. The zero-order valence-electron chi connectivity index (χ0n) is 11.0. The minimum absolute atomic E-state index is 0.0666. The summed E-state index contributed by atoms with van der Waals surface area (Å²) in [6.45, 7) is 1.11. The van der Waals surface area contributed by atoms with Gasteiger partial charge in [-0.05, 0) is 30.5 Å². The van der Waals surface area contributed by atoms with E-state index in [2.05, 4.69) is 0 Å². The van der Waals surface area contributed by atoms with Gasteiger partial charge in [0.1, 0.15) is 0 Å². The van der Waals surface area contributed by atoms with Gasteiger partial charge in [0, 0.05) is 19.1 Å². The molecule has 2 N–H and O–H groups in total. The number of halogens is 3. The number of likely N-dealkylation sites (tertiary alicyclic amines) is 1. The standard InChI is InChI=1S/C14H17F3N2O/c15-14(16,17)11-5-3-10(4-6-11)8-13(20)19-7-1-2-12(19)9-18/h3-6,12H,1-2,7-9,18H2. The van der Waals surface area contributed by atoms with E-state index in [0.717, 1.165) is 25.0 Å². The van der Waals surface area contributed by atoms with Crippen molar-refractivity contribution < 1.29 is 18.0 Å². The highest BCUT2D eigenvalue weighted by Gasteiger charge is 2.30. The Bertz CT molecular complexity index is 470. The maximum atomic E-state index is 12.4. The number of benzene rings is 1. The van der Waals surface area contributed by atoms with Crippen LogP contribution in [0.1, 0.15) is 24.0 Å². The monoisotopic (exact) mass is 286 g/mol. The minimum Gasteiger partial charge on any atom is -0.338 e. The van der Waals surface area contributed by atoms with Crippen LogP contribution in [0.25, 0.3) is 0 Å². The van der Waals surface area contributed by atoms with E-state index in [-0.39, 0.29) is 18.4 Å². The lowest BCUT2D eigenvalue weighted by Gasteiger charge is -2.23. The summed E-state index contributed by atoms with van der Waals surface area (Å²) in [7, 11) is 0. The molecule has 3 nitrogen and oxygen atoms in total. The first-order valence-electron chi connectivity index (χ1n) is 6.57. The van der Waals surface area contributed by atoms with Gasteiger partial charge in [0.15, 0.2) is 0 Å². The molecule has 1 saturated heterocycles. The second-order valence-corrected chi connectivity index (χ2v) is 4.99. The third kappa shape index (κ3) is 3.30. The van der Waals surface area contributed by atoms with E-state index in [4.69, 9.17) is 5.73 Å². The molecule has 0 saturated carbocycles. The highest BCUT2D eigenvalue weighted by molar-refractivity contribution is 5.79. The number of alkyl halides is 3. The fourth-order valence-electron chi connectivity index (χ4n) is 2.50. The van der Waals surface area contributed by atoms with Crippen LogP contribution < -0.4 is 5.73 Å². The summed E-state index contributed by atoms with van der Waals surface area (Å²) < 4.78 is 37.3. The maximum Gasteiger partial charge on any atom is 0.416 e. The predicted molar refractivity (Wildman–Crippen MR) is 68.9 cm³/mol. The van der Waals surface area contributed by atoms with Crippen molar-refractivity contribution in [1.82, 2.24) is 4.90 Å². The van der Waals surface area contributed by atoms with Crippen LogP contribution in [0.4, 0.5) is 13.2 Å². The van der Waals surface area contributed by atoms with Gasteiger partial charge in [-0.15, -0.1) is 0 Å². The average Bonchev–Trinajstić information content (AvgIpc) is 2.86. The summed E-state index contributed by atoms with van der Waals surface area (Å²) in [5.74, 6) is -0.0716. The number of amides is 1. The summed E-state index contributed by atoms with van der Waals surface area (Å²) in [6, 6.07) is 4.79. The van der Waals surface area contributed by atoms with Gasteiger partial charge in [-0.1, -0.05) is 12.1 Å². The minimum atomic E-state index is -4.35. The molecule has 2 rings (SSSR count). The molecule has 1 heterocycles. The molecule has 0 radical (unpaired) electrons. The van der Waals surface area contributed by atoms with Gasteiger partial charge in [0.2, 0.25) is 5.91 Å². The number of nitrogens with two attached hydrogens (primary N) is 1. The van der Waals surface area contributed by atoms with Crippen LogP contribution >= 0.6 is 0 Å². The number of hydrogen-bond donors (Lipinski definition) is 1. The Labute approximate surface area is 115 Å². The Balaban J connectivity index is 2.01. The Hall–Kier alpha value is -1.56. The molecule has 1 aromatic rings. The van der Waals surface area contributed by atoms with E-state index in [0.29, 0.717) is 18.7 Å². The summed E-state index contributed by atoms with van der Waals surface area (Å²) in [5, 5.41) is 0. The number of nitrogens with zero attached hydrogens (tertiary/aromatic N) is 1. The van der Waals surface area contributed by atoms with Gasteiger partial charge in [-0.2, -0.15) is 13.2 Å². The number of carbonyl (C=O) groups is 1. The van der Waals surface area contributed by atoms with Gasteiger partial charge >= 0.3 is 6.18 Å². The number of hydrogen-bond acceptors (Lipinski definition) is 2. The lowest BCUT2D eigenvalue weighted by atomic mass is 10.1. The molecule has 1 unspecified atom stereocenters. The predicted octanol–water partition coefficient (Wildman–Crippen LogP) is 2.20. The molecule has 1 atom stereocenters. The first-order valence-corrected chi connectivity index (χ1v) is 6.57. The van der Waals surface area contributed by atoms with Crippen molar-refractivity contribution in [1.29, 1.82) is 0 Å². The topological polar surface area (TPSA) is 46.3 Å². The fourth-order valence-corrected chi connectivity index (χ4v) is 2.50. The Kier molecular flexibility index (Phi) is 4.32. The van der Waals surface area contributed by atoms with Gasteiger partial charge in [0.25, 0.3) is 0 Å². The van der Waals surface area contributed by atoms with Crippen molar-refractivity contribution >= 4 is 5.91 Å². The fraction of sp³-hybridized carbons (Fsp3) is 0.500. The van der Waals surface area contributed by atoms with E-state index >= 15 is 0 Å². The summed E-state index contributed by atoms with van der Waals surface area (Å²) in [6.07, 6.45) is -2.40. The van der Waals surface area contributed by atoms with Crippen molar-refractivity contribution in [3.63, 3.8) is 0 Å². The summed E-state index contributed by atoms with van der Waals surface area (Å²) in [4.78, 5) is 13.8. The molecule has 6 heteroatoms. The van der Waals surface area contributed by atoms with E-state index in [9.17, 15) is 18.0 Å². The van der Waals surface area contributed by atoms with Crippen LogP contribution in [-0.2, 0) is 17.4 Å². The number of carbonyl (C=O) groups excluding carboxylic acids is 1. The lowest BCUT2D eigenvalue weighted by Crippen LogP contribution is -2.40. The second-order valence-electron chi connectivity index (χ2n) is 4.99. The Morgan fingerprint density at radius 1 is 1.30 bits per heavy atom. The quantitative estimate of drug-likeness (QED) is 0.926. The molecule has 0 spiro atoms. The molecule has 1 amide bonds. The molecule has 0 bridgehead atoms. The van der Waals surface area contributed by atoms with Crippen LogP contribution in [0.15, 0.2) is 24.3 Å². The van der Waals surface area contributed by atoms with Crippen molar-refractivity contribution in [2.75, 3.05) is 13.1 Å². The van der Waals surface area contributed by atoms with Crippen LogP contribution in [0.5, 0.6) is 0 Å². The number of rotatable bonds is 3. The van der Waals surface area contributed by atoms with Crippen LogP contribution in [0.2, 0.25) is 0 Å². The normalized spacial score (nSPS) is 19.4. The van der Waals surface area contributed by atoms with Crippen molar-refractivity contribution in [2.45, 2.75) is 31.5 Å². The molecule has 0 aliphatic carbocycles. The van der Waals surface area contributed by atoms with Crippen molar-refractivity contribution in [3.8, 4) is 0 Å². The van der Waals surface area contributed by atoms with Crippen LogP contribution in [0.3, 0.4) is 0 Å². The Morgan fingerprint density at radius 3 is 2.50 bits per heavy atom. The maximum absolute atomic E-state index is 12.4. The zero-order valence-corrected chi connectivity index (χ0v) is 11.0. The highest BCUT2D eigenvalue weighted by Crippen LogP contribution is 2.29. The van der Waals surface area contributed by atoms with Gasteiger partial charge in [0.05, 0.1) is 12.0 Å². The summed E-state index contributed by atoms with van der Waals surface area (Å²) >= 11 is 0. The third-order valence-corrected chi connectivity index (χ3v) is 3.61. The SMILES string of the molecule is NCC1CCCN1C(=O)Cc1ccc(C(F)(F)F)cc1. The van der Waals surface area contributed by atoms with Crippen LogP contribution in [0, 0.1) is 0 Å². The van der Waals surface area contributed by atoms with E-state index in [1.54, 1.807) is 4.90 Å². The highest BCUT2D eigenvalue weighted by atomic mass is 19.4. The molecule has 110 valence electrons. The van der Waals surface area contributed by atoms with Gasteiger partial charge in [-0.3, -0.25) is 4.79 Å². The first kappa shape index (κ1) is 14.8.